The highest BCUT2D eigenvalue weighted by atomic mass is 16.5. The van der Waals surface area contributed by atoms with Gasteiger partial charge in [0.2, 0.25) is 0 Å². The molecule has 0 saturated heterocycles. The van der Waals surface area contributed by atoms with Gasteiger partial charge >= 0.3 is 0 Å². The van der Waals surface area contributed by atoms with Crippen LogP contribution in [-0.2, 0) is 0 Å². The molecule has 0 heterocycles. The first-order valence-electron chi connectivity index (χ1n) is 8.07. The van der Waals surface area contributed by atoms with E-state index in [1.165, 1.54) is 10.0 Å². The molecular weight excluding hydrogens is 316 g/mol. The van der Waals surface area contributed by atoms with E-state index < -0.39 is 5.54 Å². The Hall–Kier alpha value is -2.82. The van der Waals surface area contributed by atoms with E-state index in [9.17, 15) is 9.59 Å². The summed E-state index contributed by atoms with van der Waals surface area (Å²) in [5.74, 6) is 0.187. The molecule has 2 aromatic rings. The molecule has 2 aromatic carbocycles. The molecule has 0 N–H and O–H groups in total. The number of nitrogens with zero attached hydrogens (tertiary/aromatic N) is 2. The molecule has 0 unspecified atom stereocenters. The smallest absolute Gasteiger partial charge is 0.272 e. The van der Waals surface area contributed by atoms with Crippen molar-refractivity contribution in [2.75, 3.05) is 14.2 Å². The Balaban J connectivity index is 2.35. The number of carbonyl (C=O) groups is 2. The van der Waals surface area contributed by atoms with Crippen LogP contribution < -0.4 is 4.74 Å². The van der Waals surface area contributed by atoms with Crippen LogP contribution in [0.15, 0.2) is 54.6 Å². The molecule has 2 rings (SSSR count). The fraction of sp³-hybridized carbons (Fsp3) is 0.300. The van der Waals surface area contributed by atoms with Crippen LogP contribution in [0.1, 0.15) is 41.5 Å². The van der Waals surface area contributed by atoms with E-state index >= 15 is 0 Å². The van der Waals surface area contributed by atoms with Crippen molar-refractivity contribution in [3.63, 3.8) is 0 Å². The second kappa shape index (κ2) is 7.38. The summed E-state index contributed by atoms with van der Waals surface area (Å²) in [5.41, 5.74) is 0.446. The van der Waals surface area contributed by atoms with Gasteiger partial charge in [0.25, 0.3) is 11.8 Å². The Morgan fingerprint density at radius 3 is 1.84 bits per heavy atom. The van der Waals surface area contributed by atoms with E-state index in [4.69, 9.17) is 4.74 Å². The lowest BCUT2D eigenvalue weighted by molar-refractivity contribution is -0.0308. The number of rotatable bonds is 3. The zero-order chi connectivity index (χ0) is 18.6. The molecule has 5 heteroatoms. The highest BCUT2D eigenvalue weighted by Gasteiger charge is 2.33. The summed E-state index contributed by atoms with van der Waals surface area (Å²) in [7, 11) is 3.19. The number of carbonyl (C=O) groups excluding carboxylic acids is 2. The third-order valence-corrected chi connectivity index (χ3v) is 3.78. The van der Waals surface area contributed by atoms with Crippen molar-refractivity contribution in [2.24, 2.45) is 0 Å². The minimum atomic E-state index is -0.573. The van der Waals surface area contributed by atoms with Crippen molar-refractivity contribution in [2.45, 2.75) is 26.3 Å². The highest BCUT2D eigenvalue weighted by Crippen LogP contribution is 2.22. The second-order valence-corrected chi connectivity index (χ2v) is 6.71. The maximum absolute atomic E-state index is 13.1. The van der Waals surface area contributed by atoms with Crippen molar-refractivity contribution < 1.29 is 14.3 Å². The summed E-state index contributed by atoms with van der Waals surface area (Å²) in [5, 5.41) is 2.85. The van der Waals surface area contributed by atoms with Gasteiger partial charge in [-0.25, -0.2) is 10.0 Å². The summed E-state index contributed by atoms with van der Waals surface area (Å²) < 4.78 is 5.13. The maximum Gasteiger partial charge on any atom is 0.272 e. The monoisotopic (exact) mass is 340 g/mol. The molecule has 25 heavy (non-hydrogen) atoms. The zero-order valence-corrected chi connectivity index (χ0v) is 15.3. The lowest BCUT2D eigenvalue weighted by Crippen LogP contribution is -2.56. The van der Waals surface area contributed by atoms with Gasteiger partial charge in [-0.05, 0) is 57.2 Å². The molecule has 132 valence electrons. The molecule has 0 radical (unpaired) electrons. The van der Waals surface area contributed by atoms with E-state index in [1.54, 1.807) is 62.7 Å². The molecule has 0 aromatic heterocycles. The number of hydrazine groups is 1. The van der Waals surface area contributed by atoms with Crippen LogP contribution in [-0.4, -0.2) is 41.5 Å². The second-order valence-electron chi connectivity index (χ2n) is 6.71. The Kier molecular flexibility index (Phi) is 5.47. The Morgan fingerprint density at radius 2 is 1.36 bits per heavy atom. The molecule has 0 aliphatic rings. The van der Waals surface area contributed by atoms with Crippen LogP contribution in [0.5, 0.6) is 5.75 Å². The van der Waals surface area contributed by atoms with E-state index in [1.807, 2.05) is 26.8 Å². The predicted octanol–water partition coefficient (Wildman–Crippen LogP) is 3.62. The lowest BCUT2D eigenvalue weighted by atomic mass is 10.1. The van der Waals surface area contributed by atoms with Crippen molar-refractivity contribution >= 4 is 11.8 Å². The summed E-state index contributed by atoms with van der Waals surface area (Å²) in [6.07, 6.45) is 0. The van der Waals surface area contributed by atoms with Gasteiger partial charge in [-0.15, -0.1) is 0 Å². The highest BCUT2D eigenvalue weighted by molar-refractivity contribution is 5.99. The summed E-state index contributed by atoms with van der Waals surface area (Å²) >= 11 is 0. The van der Waals surface area contributed by atoms with Gasteiger partial charge in [-0.1, -0.05) is 18.2 Å². The predicted molar refractivity (Wildman–Crippen MR) is 97.5 cm³/mol. The lowest BCUT2D eigenvalue weighted by Gasteiger charge is -2.41. The molecule has 0 spiro atoms. The number of methoxy groups -OCH3 is 1. The van der Waals surface area contributed by atoms with Crippen molar-refractivity contribution in [3.05, 3.63) is 65.7 Å². The number of ether oxygens (including phenoxy) is 1. The standard InChI is InChI=1S/C20H24N2O3/c1-20(2,3)22(19(24)16-11-13-17(25-5)14-12-16)21(4)18(23)15-9-7-6-8-10-15/h6-14H,1-5H3. The van der Waals surface area contributed by atoms with Gasteiger partial charge in [0.1, 0.15) is 5.75 Å². The zero-order valence-electron chi connectivity index (χ0n) is 15.3. The average Bonchev–Trinajstić information content (AvgIpc) is 2.60. The van der Waals surface area contributed by atoms with Crippen LogP contribution in [0.4, 0.5) is 0 Å². The summed E-state index contributed by atoms with van der Waals surface area (Å²) in [4.78, 5) is 25.8. The first kappa shape index (κ1) is 18.5. The van der Waals surface area contributed by atoms with Gasteiger partial charge < -0.3 is 4.74 Å². The van der Waals surface area contributed by atoms with Crippen LogP contribution in [0.3, 0.4) is 0 Å². The maximum atomic E-state index is 13.1. The number of hydrogen-bond donors (Lipinski definition) is 0. The fourth-order valence-corrected chi connectivity index (χ4v) is 2.61. The molecule has 0 saturated carbocycles. The van der Waals surface area contributed by atoms with Crippen LogP contribution in [0.2, 0.25) is 0 Å². The Morgan fingerprint density at radius 1 is 0.840 bits per heavy atom. The number of hydrogen-bond acceptors (Lipinski definition) is 3. The minimum absolute atomic E-state index is 0.239. The van der Waals surface area contributed by atoms with Gasteiger partial charge in [0.05, 0.1) is 12.6 Å². The Labute approximate surface area is 148 Å². The van der Waals surface area contributed by atoms with Crippen LogP contribution in [0, 0.1) is 0 Å². The number of amides is 2. The number of benzene rings is 2. The van der Waals surface area contributed by atoms with Crippen molar-refractivity contribution in [3.8, 4) is 5.75 Å². The van der Waals surface area contributed by atoms with E-state index in [0.717, 1.165) is 0 Å². The normalized spacial score (nSPS) is 10.9. The summed E-state index contributed by atoms with van der Waals surface area (Å²) in [6, 6.07) is 15.8. The molecule has 0 aliphatic heterocycles. The van der Waals surface area contributed by atoms with E-state index in [-0.39, 0.29) is 11.8 Å². The van der Waals surface area contributed by atoms with E-state index in [0.29, 0.717) is 16.9 Å². The first-order chi connectivity index (χ1) is 11.8. The quantitative estimate of drug-likeness (QED) is 0.802. The summed E-state index contributed by atoms with van der Waals surface area (Å²) in [6.45, 7) is 5.68. The molecule has 5 nitrogen and oxygen atoms in total. The van der Waals surface area contributed by atoms with E-state index in [2.05, 4.69) is 0 Å². The molecule has 0 bridgehead atoms. The molecule has 0 fully saturated rings. The Bertz CT molecular complexity index is 734. The largest absolute Gasteiger partial charge is 0.497 e. The molecular formula is C20H24N2O3. The van der Waals surface area contributed by atoms with Gasteiger partial charge in [-0.2, -0.15) is 0 Å². The van der Waals surface area contributed by atoms with Crippen LogP contribution >= 0.6 is 0 Å². The van der Waals surface area contributed by atoms with Crippen molar-refractivity contribution in [1.29, 1.82) is 0 Å². The van der Waals surface area contributed by atoms with Crippen LogP contribution in [0.25, 0.3) is 0 Å². The van der Waals surface area contributed by atoms with Gasteiger partial charge in [0, 0.05) is 18.2 Å². The van der Waals surface area contributed by atoms with Gasteiger partial charge in [-0.3, -0.25) is 9.59 Å². The third-order valence-electron chi connectivity index (χ3n) is 3.78. The minimum Gasteiger partial charge on any atom is -0.497 e. The average molecular weight is 340 g/mol. The topological polar surface area (TPSA) is 49.9 Å². The van der Waals surface area contributed by atoms with Gasteiger partial charge in [0.15, 0.2) is 0 Å². The van der Waals surface area contributed by atoms with Crippen molar-refractivity contribution in [1.82, 2.24) is 10.0 Å². The first-order valence-corrected chi connectivity index (χ1v) is 8.07. The molecule has 0 atom stereocenters. The fourth-order valence-electron chi connectivity index (χ4n) is 2.61. The molecule has 2 amide bonds. The molecule has 0 aliphatic carbocycles. The third kappa shape index (κ3) is 4.18. The SMILES string of the molecule is COc1ccc(C(=O)N(N(C)C(=O)c2ccccc2)C(C)(C)C)cc1.